The highest BCUT2D eigenvalue weighted by atomic mass is 32.2. The van der Waals surface area contributed by atoms with Crippen LogP contribution < -0.4 is 16.0 Å². The summed E-state index contributed by atoms with van der Waals surface area (Å²) in [6, 6.07) is 17.7. The highest BCUT2D eigenvalue weighted by molar-refractivity contribution is 8.01. The molecule has 1 aliphatic carbocycles. The van der Waals surface area contributed by atoms with Crippen LogP contribution >= 0.6 is 23.1 Å². The third-order valence-electron chi connectivity index (χ3n) is 7.13. The fourth-order valence-electron chi connectivity index (χ4n) is 5.26. The number of nitriles is 1. The van der Waals surface area contributed by atoms with Crippen LogP contribution in [0.1, 0.15) is 49.3 Å². The van der Waals surface area contributed by atoms with Gasteiger partial charge in [-0.2, -0.15) is 5.26 Å². The standard InChI is InChI=1S/C30H30N6O2S2/c1-17-9-11-19(12-10-17)33-24(38)16-39-29-35-34-28(40-29)36-22-13-30(3,4)14-23(37)26(22)25(21(15-31)27(36)32)20-8-6-5-7-18(20)2/h5-12,25H,13-14,16,32H2,1-4H3,(H,33,38). The molecule has 5 rings (SSSR count). The number of carbonyl (C=O) groups is 2. The van der Waals surface area contributed by atoms with Crippen molar-refractivity contribution in [3.63, 3.8) is 0 Å². The van der Waals surface area contributed by atoms with Gasteiger partial charge in [0.15, 0.2) is 10.1 Å². The number of amides is 1. The van der Waals surface area contributed by atoms with Gasteiger partial charge in [0.05, 0.1) is 23.3 Å². The van der Waals surface area contributed by atoms with E-state index in [2.05, 4.69) is 35.4 Å². The molecule has 0 spiro atoms. The van der Waals surface area contributed by atoms with Crippen LogP contribution in [-0.4, -0.2) is 27.6 Å². The van der Waals surface area contributed by atoms with Gasteiger partial charge in [-0.05, 0) is 48.9 Å². The number of benzene rings is 2. The Morgan fingerprint density at radius 2 is 1.90 bits per heavy atom. The molecular weight excluding hydrogens is 541 g/mol. The monoisotopic (exact) mass is 570 g/mol. The van der Waals surface area contributed by atoms with Gasteiger partial charge in [0, 0.05) is 23.4 Å². The van der Waals surface area contributed by atoms with E-state index in [1.807, 2.05) is 62.4 Å². The first-order valence-electron chi connectivity index (χ1n) is 12.9. The van der Waals surface area contributed by atoms with E-state index in [1.54, 1.807) is 4.90 Å². The molecule has 204 valence electrons. The number of ketones is 1. The molecule has 3 aromatic rings. The largest absolute Gasteiger partial charge is 0.384 e. The van der Waals surface area contributed by atoms with Gasteiger partial charge in [-0.25, -0.2) is 0 Å². The molecule has 40 heavy (non-hydrogen) atoms. The summed E-state index contributed by atoms with van der Waals surface area (Å²) in [5.41, 5.74) is 11.9. The van der Waals surface area contributed by atoms with Crippen molar-refractivity contribution in [2.45, 2.75) is 50.8 Å². The molecule has 2 heterocycles. The summed E-state index contributed by atoms with van der Waals surface area (Å²) in [6.07, 6.45) is 0.977. The summed E-state index contributed by atoms with van der Waals surface area (Å²) in [5, 5.41) is 22.3. The van der Waals surface area contributed by atoms with Gasteiger partial charge in [-0.1, -0.05) is 78.9 Å². The number of hydrogen-bond donors (Lipinski definition) is 2. The maximum absolute atomic E-state index is 13.7. The van der Waals surface area contributed by atoms with Crippen LogP contribution in [0.2, 0.25) is 0 Å². The summed E-state index contributed by atoms with van der Waals surface area (Å²) < 4.78 is 0.588. The van der Waals surface area contributed by atoms with E-state index in [0.29, 0.717) is 33.5 Å². The van der Waals surface area contributed by atoms with Gasteiger partial charge < -0.3 is 11.1 Å². The Balaban J connectivity index is 1.47. The predicted octanol–water partition coefficient (Wildman–Crippen LogP) is 5.83. The molecule has 2 aromatic carbocycles. The third-order valence-corrected chi connectivity index (χ3v) is 9.17. The first-order valence-corrected chi connectivity index (χ1v) is 14.7. The fraction of sp³-hybridized carbons (Fsp3) is 0.300. The van der Waals surface area contributed by atoms with Crippen LogP contribution in [0.25, 0.3) is 0 Å². The minimum absolute atomic E-state index is 0.0108. The lowest BCUT2D eigenvalue weighted by atomic mass is 9.68. The molecule has 1 amide bonds. The number of rotatable bonds is 6. The summed E-state index contributed by atoms with van der Waals surface area (Å²) in [4.78, 5) is 27.9. The van der Waals surface area contributed by atoms with E-state index < -0.39 is 5.92 Å². The van der Waals surface area contributed by atoms with Crippen molar-refractivity contribution >= 4 is 45.6 Å². The van der Waals surface area contributed by atoms with Crippen molar-refractivity contribution in [3.8, 4) is 6.07 Å². The molecule has 1 aliphatic heterocycles. The topological polar surface area (TPSA) is 125 Å². The zero-order valence-electron chi connectivity index (χ0n) is 22.8. The number of allylic oxidation sites excluding steroid dienone is 3. The van der Waals surface area contributed by atoms with Gasteiger partial charge in [0.1, 0.15) is 5.82 Å². The summed E-state index contributed by atoms with van der Waals surface area (Å²) in [7, 11) is 0. The fourth-order valence-corrected chi connectivity index (χ4v) is 6.94. The number of nitrogens with zero attached hydrogens (tertiary/aromatic N) is 4. The Labute approximate surface area is 242 Å². The van der Waals surface area contributed by atoms with E-state index in [1.165, 1.54) is 23.1 Å². The number of nitrogens with two attached hydrogens (primary N) is 1. The second-order valence-electron chi connectivity index (χ2n) is 10.9. The van der Waals surface area contributed by atoms with Crippen molar-refractivity contribution in [2.75, 3.05) is 16.0 Å². The normalized spacial score (nSPS) is 18.4. The highest BCUT2D eigenvalue weighted by Gasteiger charge is 2.45. The first-order chi connectivity index (χ1) is 19.1. The van der Waals surface area contributed by atoms with E-state index >= 15 is 0 Å². The van der Waals surface area contributed by atoms with Crippen molar-refractivity contribution in [2.24, 2.45) is 11.1 Å². The Kier molecular flexibility index (Phi) is 7.53. The third kappa shape index (κ3) is 5.40. The predicted molar refractivity (Wildman–Crippen MR) is 159 cm³/mol. The van der Waals surface area contributed by atoms with Crippen LogP contribution in [0.3, 0.4) is 0 Å². The number of hydrogen-bond acceptors (Lipinski definition) is 9. The van der Waals surface area contributed by atoms with E-state index in [9.17, 15) is 14.9 Å². The number of nitrogens with one attached hydrogen (secondary N) is 1. The van der Waals surface area contributed by atoms with E-state index in [-0.39, 0.29) is 28.7 Å². The average molecular weight is 571 g/mol. The SMILES string of the molecule is Cc1ccc(NC(=O)CSc2nnc(N3C(N)=C(C#N)C(c4ccccc4C)C4=C3CC(C)(C)CC4=O)s2)cc1. The molecule has 0 radical (unpaired) electrons. The lowest BCUT2D eigenvalue weighted by molar-refractivity contribution is -0.118. The number of Topliss-reactive ketones (excluding diaryl/α,β-unsaturated/α-hetero) is 1. The molecule has 8 nitrogen and oxygen atoms in total. The maximum atomic E-state index is 13.7. The van der Waals surface area contributed by atoms with Gasteiger partial charge in [0.25, 0.3) is 0 Å². The molecular formula is C30H30N6O2S2. The van der Waals surface area contributed by atoms with Crippen molar-refractivity contribution in [1.82, 2.24) is 10.2 Å². The Bertz CT molecular complexity index is 1600. The molecule has 0 saturated heterocycles. The first kappa shape index (κ1) is 27.6. The number of carbonyl (C=O) groups excluding carboxylic acids is 2. The molecule has 1 unspecified atom stereocenters. The van der Waals surface area contributed by atoms with Crippen LogP contribution in [0, 0.1) is 30.6 Å². The van der Waals surface area contributed by atoms with Crippen molar-refractivity contribution in [3.05, 3.63) is 87.9 Å². The van der Waals surface area contributed by atoms with E-state index in [4.69, 9.17) is 5.73 Å². The van der Waals surface area contributed by atoms with Crippen LogP contribution in [0.5, 0.6) is 0 Å². The quantitative estimate of drug-likeness (QED) is 0.355. The summed E-state index contributed by atoms with van der Waals surface area (Å²) >= 11 is 2.55. The van der Waals surface area contributed by atoms with Crippen LogP contribution in [0.15, 0.2) is 75.5 Å². The maximum Gasteiger partial charge on any atom is 0.234 e. The van der Waals surface area contributed by atoms with Gasteiger partial charge in [0.2, 0.25) is 11.0 Å². The number of anilines is 2. The lowest BCUT2D eigenvalue weighted by Gasteiger charge is -2.42. The smallest absolute Gasteiger partial charge is 0.234 e. The Hall–Kier alpha value is -3.94. The highest BCUT2D eigenvalue weighted by Crippen LogP contribution is 2.51. The number of aromatic nitrogens is 2. The van der Waals surface area contributed by atoms with E-state index in [0.717, 1.165) is 28.1 Å². The molecule has 1 aromatic heterocycles. The van der Waals surface area contributed by atoms with Crippen molar-refractivity contribution in [1.29, 1.82) is 5.26 Å². The number of aryl methyl sites for hydroxylation is 2. The zero-order chi connectivity index (χ0) is 28.6. The number of thioether (sulfide) groups is 1. The minimum atomic E-state index is -0.534. The lowest BCUT2D eigenvalue weighted by Crippen LogP contribution is -2.42. The second kappa shape index (κ2) is 10.9. The zero-order valence-corrected chi connectivity index (χ0v) is 24.4. The van der Waals surface area contributed by atoms with Gasteiger partial charge in [-0.3, -0.25) is 14.5 Å². The average Bonchev–Trinajstić information content (AvgIpc) is 3.36. The van der Waals surface area contributed by atoms with Crippen LogP contribution in [-0.2, 0) is 9.59 Å². The summed E-state index contributed by atoms with van der Waals surface area (Å²) in [5.74, 6) is -0.262. The molecule has 10 heteroatoms. The summed E-state index contributed by atoms with van der Waals surface area (Å²) in [6.45, 7) is 8.09. The minimum Gasteiger partial charge on any atom is -0.384 e. The van der Waals surface area contributed by atoms with Gasteiger partial charge in [-0.15, -0.1) is 10.2 Å². The molecule has 0 bridgehead atoms. The molecule has 1 atom stereocenters. The van der Waals surface area contributed by atoms with Crippen molar-refractivity contribution < 1.29 is 9.59 Å². The molecule has 3 N–H and O–H groups in total. The van der Waals surface area contributed by atoms with Crippen LogP contribution in [0.4, 0.5) is 10.8 Å². The molecule has 0 saturated carbocycles. The second-order valence-corrected chi connectivity index (χ2v) is 13.1. The molecule has 2 aliphatic rings. The Morgan fingerprint density at radius 1 is 1.18 bits per heavy atom. The van der Waals surface area contributed by atoms with Gasteiger partial charge >= 0.3 is 0 Å². The molecule has 0 fully saturated rings. The Morgan fingerprint density at radius 3 is 2.60 bits per heavy atom.